The van der Waals surface area contributed by atoms with Crippen LogP contribution in [-0.4, -0.2) is 9.97 Å². The number of fused-ring (bicyclic) bond motifs is 1. The van der Waals surface area contributed by atoms with Crippen LogP contribution in [0.5, 0.6) is 0 Å². The number of aromatic nitrogens is 2. The van der Waals surface area contributed by atoms with Gasteiger partial charge in [0.1, 0.15) is 0 Å². The third-order valence-electron chi connectivity index (χ3n) is 3.64. The highest BCUT2D eigenvalue weighted by Crippen LogP contribution is 2.32. The lowest BCUT2D eigenvalue weighted by atomic mass is 10.0. The van der Waals surface area contributed by atoms with Crippen molar-refractivity contribution in [2.45, 2.75) is 0 Å². The first-order valence-electron chi connectivity index (χ1n) is 6.73. The van der Waals surface area contributed by atoms with Gasteiger partial charge in [-0.2, -0.15) is 0 Å². The van der Waals surface area contributed by atoms with Gasteiger partial charge in [0.2, 0.25) is 0 Å². The van der Waals surface area contributed by atoms with Gasteiger partial charge in [-0.05, 0) is 24.3 Å². The van der Waals surface area contributed by atoms with Gasteiger partial charge in [-0.15, -0.1) is 0 Å². The van der Waals surface area contributed by atoms with Crippen molar-refractivity contribution in [2.75, 3.05) is 0 Å². The van der Waals surface area contributed by atoms with Gasteiger partial charge in [0.05, 0.1) is 0 Å². The molecule has 0 unspecified atom stereocenters. The van der Waals surface area contributed by atoms with Crippen molar-refractivity contribution in [1.29, 1.82) is 0 Å². The number of H-pyrrole nitrogens is 2. The third kappa shape index (κ3) is 1.74. The highest BCUT2D eigenvalue weighted by atomic mass is 14.7. The van der Waals surface area contributed by atoms with Crippen LogP contribution >= 0.6 is 0 Å². The van der Waals surface area contributed by atoms with Crippen molar-refractivity contribution in [3.8, 4) is 22.5 Å². The van der Waals surface area contributed by atoms with Gasteiger partial charge >= 0.3 is 0 Å². The molecule has 0 aliphatic carbocycles. The van der Waals surface area contributed by atoms with Crippen molar-refractivity contribution >= 4 is 10.9 Å². The molecule has 0 fully saturated rings. The molecule has 0 aliphatic rings. The molecule has 0 spiro atoms. The van der Waals surface area contributed by atoms with Crippen LogP contribution in [0.3, 0.4) is 0 Å². The summed E-state index contributed by atoms with van der Waals surface area (Å²) >= 11 is 0. The molecule has 0 atom stereocenters. The lowest BCUT2D eigenvalue weighted by Gasteiger charge is -2.06. The van der Waals surface area contributed by atoms with E-state index >= 15 is 0 Å². The molecule has 0 radical (unpaired) electrons. The molecule has 0 aliphatic heterocycles. The molecule has 0 amide bonds. The number of hydrogen-bond acceptors (Lipinski definition) is 0. The Morgan fingerprint density at radius 2 is 1.40 bits per heavy atom. The number of para-hydroxylation sites is 1. The van der Waals surface area contributed by atoms with Crippen LogP contribution in [0.2, 0.25) is 0 Å². The lowest BCUT2D eigenvalue weighted by Crippen LogP contribution is -1.84. The maximum atomic E-state index is 3.50. The molecule has 0 bridgehead atoms. The Kier molecular flexibility index (Phi) is 2.46. The standard InChI is InChI=1S/C18H14N2/c1-4-9-16-13(6-1)12-18(20-16)15-8-3-2-7-14(15)17-10-5-11-19-17/h1-12,19-20H. The van der Waals surface area contributed by atoms with Crippen LogP contribution in [0.4, 0.5) is 0 Å². The van der Waals surface area contributed by atoms with Crippen LogP contribution in [0.15, 0.2) is 72.9 Å². The summed E-state index contributed by atoms with van der Waals surface area (Å²) in [7, 11) is 0. The van der Waals surface area contributed by atoms with Gasteiger partial charge in [-0.25, -0.2) is 0 Å². The van der Waals surface area contributed by atoms with Gasteiger partial charge in [0.25, 0.3) is 0 Å². The summed E-state index contributed by atoms with van der Waals surface area (Å²) in [6.45, 7) is 0. The molecule has 2 aromatic heterocycles. The van der Waals surface area contributed by atoms with Gasteiger partial charge in [-0.3, -0.25) is 0 Å². The molecule has 0 saturated heterocycles. The number of nitrogens with one attached hydrogen (secondary N) is 2. The van der Waals surface area contributed by atoms with Crippen LogP contribution in [0, 0.1) is 0 Å². The minimum Gasteiger partial charge on any atom is -0.361 e. The van der Waals surface area contributed by atoms with Crippen molar-refractivity contribution in [3.63, 3.8) is 0 Å². The molecule has 4 aromatic rings. The largest absolute Gasteiger partial charge is 0.361 e. The maximum Gasteiger partial charge on any atom is 0.0471 e. The molecular weight excluding hydrogens is 244 g/mol. The van der Waals surface area contributed by atoms with Crippen molar-refractivity contribution in [1.82, 2.24) is 9.97 Å². The summed E-state index contributed by atoms with van der Waals surface area (Å²) in [5, 5.41) is 1.24. The fraction of sp³-hybridized carbons (Fsp3) is 0. The molecule has 96 valence electrons. The van der Waals surface area contributed by atoms with E-state index in [9.17, 15) is 0 Å². The van der Waals surface area contributed by atoms with E-state index in [2.05, 4.69) is 70.6 Å². The van der Waals surface area contributed by atoms with Gasteiger partial charge < -0.3 is 9.97 Å². The smallest absolute Gasteiger partial charge is 0.0471 e. The van der Waals surface area contributed by atoms with E-state index in [1.54, 1.807) is 0 Å². The predicted molar refractivity (Wildman–Crippen MR) is 83.5 cm³/mol. The average Bonchev–Trinajstić information content (AvgIpc) is 3.16. The highest BCUT2D eigenvalue weighted by molar-refractivity contribution is 5.89. The molecular formula is C18H14N2. The number of rotatable bonds is 2. The Bertz CT molecular complexity index is 821. The van der Waals surface area contributed by atoms with E-state index in [-0.39, 0.29) is 0 Å². The molecule has 2 heterocycles. The van der Waals surface area contributed by atoms with Crippen molar-refractivity contribution in [3.05, 3.63) is 72.9 Å². The van der Waals surface area contributed by atoms with Crippen LogP contribution in [0.25, 0.3) is 33.4 Å². The van der Waals surface area contributed by atoms with Gasteiger partial charge in [0.15, 0.2) is 0 Å². The number of benzene rings is 2. The number of aromatic amines is 2. The van der Waals surface area contributed by atoms with Crippen molar-refractivity contribution in [2.24, 2.45) is 0 Å². The first-order chi connectivity index (χ1) is 9.92. The third-order valence-corrected chi connectivity index (χ3v) is 3.64. The Balaban J connectivity index is 1.94. The summed E-state index contributed by atoms with van der Waals surface area (Å²) in [5.74, 6) is 0. The summed E-state index contributed by atoms with van der Waals surface area (Å²) in [6.07, 6.45) is 1.96. The lowest BCUT2D eigenvalue weighted by molar-refractivity contribution is 1.39. The summed E-state index contributed by atoms with van der Waals surface area (Å²) in [4.78, 5) is 6.78. The fourth-order valence-corrected chi connectivity index (χ4v) is 2.67. The normalized spacial score (nSPS) is 11.0. The highest BCUT2D eigenvalue weighted by Gasteiger charge is 2.09. The molecule has 2 aromatic carbocycles. The Hall–Kier alpha value is -2.74. The summed E-state index contributed by atoms with van der Waals surface area (Å²) in [5.41, 5.74) is 5.88. The monoisotopic (exact) mass is 258 g/mol. The molecule has 2 N–H and O–H groups in total. The predicted octanol–water partition coefficient (Wildman–Crippen LogP) is 4.83. The van der Waals surface area contributed by atoms with Crippen LogP contribution in [-0.2, 0) is 0 Å². The Morgan fingerprint density at radius 3 is 2.15 bits per heavy atom. The summed E-state index contributed by atoms with van der Waals surface area (Å²) < 4.78 is 0. The second-order valence-corrected chi connectivity index (χ2v) is 4.90. The van der Waals surface area contributed by atoms with E-state index in [1.165, 1.54) is 22.0 Å². The SMILES string of the molecule is c1c[nH]c(-c2ccccc2-c2cc3ccccc3[nH]2)c1. The van der Waals surface area contributed by atoms with Gasteiger partial charge in [0, 0.05) is 39.6 Å². The molecule has 0 saturated carbocycles. The van der Waals surface area contributed by atoms with E-state index < -0.39 is 0 Å². The second kappa shape index (κ2) is 4.42. The zero-order valence-electron chi connectivity index (χ0n) is 10.9. The van der Waals surface area contributed by atoms with Gasteiger partial charge in [-0.1, -0.05) is 42.5 Å². The molecule has 4 rings (SSSR count). The Morgan fingerprint density at radius 1 is 0.650 bits per heavy atom. The van der Waals surface area contributed by atoms with E-state index in [4.69, 9.17) is 0 Å². The topological polar surface area (TPSA) is 31.6 Å². The van der Waals surface area contributed by atoms with E-state index in [0.717, 1.165) is 11.4 Å². The minimum absolute atomic E-state index is 1.14. The van der Waals surface area contributed by atoms with E-state index in [1.807, 2.05) is 12.3 Å². The van der Waals surface area contributed by atoms with Crippen LogP contribution in [0.1, 0.15) is 0 Å². The number of hydrogen-bond donors (Lipinski definition) is 2. The quantitative estimate of drug-likeness (QED) is 0.516. The minimum atomic E-state index is 1.14. The molecule has 2 nitrogen and oxygen atoms in total. The molecule has 2 heteroatoms. The first-order valence-corrected chi connectivity index (χ1v) is 6.73. The van der Waals surface area contributed by atoms with Crippen molar-refractivity contribution < 1.29 is 0 Å². The zero-order valence-corrected chi connectivity index (χ0v) is 10.9. The zero-order chi connectivity index (χ0) is 13.4. The second-order valence-electron chi connectivity index (χ2n) is 4.90. The van der Waals surface area contributed by atoms with Crippen LogP contribution < -0.4 is 0 Å². The summed E-state index contributed by atoms with van der Waals surface area (Å²) in [6, 6.07) is 23.1. The Labute approximate surface area is 117 Å². The molecule has 20 heavy (non-hydrogen) atoms. The maximum absolute atomic E-state index is 3.50. The first kappa shape index (κ1) is 11.1. The van der Waals surface area contributed by atoms with E-state index in [0.29, 0.717) is 0 Å². The fourth-order valence-electron chi connectivity index (χ4n) is 2.67. The average molecular weight is 258 g/mol.